The summed E-state index contributed by atoms with van der Waals surface area (Å²) in [4.78, 5) is 13.1. The number of ether oxygens (including phenoxy) is 2. The van der Waals surface area contributed by atoms with Crippen LogP contribution in [0.3, 0.4) is 0 Å². The average Bonchev–Trinajstić information content (AvgIpc) is 2.73. The van der Waals surface area contributed by atoms with Crippen LogP contribution in [-0.4, -0.2) is 32.3 Å². The van der Waals surface area contributed by atoms with Crippen LogP contribution in [0.1, 0.15) is 37.8 Å². The molecule has 1 N–H and O–H groups in total. The average molecular weight is 400 g/mol. The minimum atomic E-state index is -0.727. The van der Waals surface area contributed by atoms with Gasteiger partial charge in [-0.15, -0.1) is 0 Å². The Morgan fingerprint density at radius 2 is 1.90 bits per heavy atom. The Balaban J connectivity index is 1.59. The van der Waals surface area contributed by atoms with Crippen LogP contribution in [0.2, 0.25) is 0 Å². The van der Waals surface area contributed by atoms with Crippen LogP contribution in [0.4, 0.5) is 4.39 Å². The molecule has 1 heterocycles. The molecule has 4 nitrogen and oxygen atoms in total. The number of hydrogen-bond donors (Lipinski definition) is 1. The van der Waals surface area contributed by atoms with Gasteiger partial charge in [0.05, 0.1) is 12.0 Å². The van der Waals surface area contributed by atoms with Crippen molar-refractivity contribution in [3.8, 4) is 5.75 Å². The van der Waals surface area contributed by atoms with Gasteiger partial charge in [0.1, 0.15) is 11.6 Å². The predicted molar refractivity (Wildman–Crippen MR) is 112 cm³/mol. The number of halogens is 1. The topological polar surface area (TPSA) is 47.6 Å². The zero-order valence-corrected chi connectivity index (χ0v) is 17.2. The summed E-state index contributed by atoms with van der Waals surface area (Å²) in [5.41, 5.74) is 1.13. The van der Waals surface area contributed by atoms with Gasteiger partial charge in [-0.2, -0.15) is 0 Å². The fourth-order valence-electron chi connectivity index (χ4n) is 3.66. The van der Waals surface area contributed by atoms with E-state index >= 15 is 0 Å². The lowest BCUT2D eigenvalue weighted by molar-refractivity contribution is -0.130. The molecule has 2 aromatic carbocycles. The van der Waals surface area contributed by atoms with Crippen LogP contribution in [0.25, 0.3) is 0 Å². The summed E-state index contributed by atoms with van der Waals surface area (Å²) in [5, 5.41) is 3.07. The van der Waals surface area contributed by atoms with Crippen molar-refractivity contribution in [2.24, 2.45) is 5.92 Å². The van der Waals surface area contributed by atoms with E-state index in [2.05, 4.69) is 19.2 Å². The summed E-state index contributed by atoms with van der Waals surface area (Å²) in [6, 6.07) is 14.4. The lowest BCUT2D eigenvalue weighted by Crippen LogP contribution is -2.48. The van der Waals surface area contributed by atoms with Crippen molar-refractivity contribution < 1.29 is 18.7 Å². The zero-order valence-electron chi connectivity index (χ0n) is 17.2. The number of benzene rings is 2. The number of nitrogens with one attached hydrogen (secondary N) is 1. The van der Waals surface area contributed by atoms with Crippen molar-refractivity contribution in [3.63, 3.8) is 0 Å². The molecule has 3 rings (SSSR count). The van der Waals surface area contributed by atoms with E-state index in [1.165, 1.54) is 12.1 Å². The molecule has 0 unspecified atom stereocenters. The van der Waals surface area contributed by atoms with Gasteiger partial charge in [0.2, 0.25) is 5.91 Å². The second kappa shape index (κ2) is 9.88. The van der Waals surface area contributed by atoms with Gasteiger partial charge < -0.3 is 14.8 Å². The van der Waals surface area contributed by atoms with Crippen molar-refractivity contribution in [2.75, 3.05) is 26.4 Å². The maximum absolute atomic E-state index is 13.8. The number of rotatable bonds is 8. The highest BCUT2D eigenvalue weighted by molar-refractivity contribution is 5.88. The Morgan fingerprint density at radius 1 is 1.17 bits per heavy atom. The van der Waals surface area contributed by atoms with E-state index in [1.54, 1.807) is 6.07 Å². The van der Waals surface area contributed by atoms with Crippen LogP contribution in [0.15, 0.2) is 48.5 Å². The first-order chi connectivity index (χ1) is 14.0. The van der Waals surface area contributed by atoms with Crippen molar-refractivity contribution >= 4 is 5.91 Å². The van der Waals surface area contributed by atoms with E-state index < -0.39 is 5.41 Å². The van der Waals surface area contributed by atoms with E-state index in [-0.39, 0.29) is 11.7 Å². The molecule has 0 spiro atoms. The molecule has 0 radical (unpaired) electrons. The number of hydrogen-bond acceptors (Lipinski definition) is 3. The molecule has 1 aliphatic heterocycles. The largest absolute Gasteiger partial charge is 0.493 e. The summed E-state index contributed by atoms with van der Waals surface area (Å²) in [6.45, 7) is 6.46. The SMILES string of the molecule is CC(C)COc1ccc(CCNC(=O)C2(c3cccc(F)c3)CCOCC2)cc1. The lowest BCUT2D eigenvalue weighted by Gasteiger charge is -2.36. The van der Waals surface area contributed by atoms with Gasteiger partial charge in [0, 0.05) is 19.8 Å². The minimum Gasteiger partial charge on any atom is -0.493 e. The standard InChI is InChI=1S/C24H30FNO3/c1-18(2)17-29-22-8-6-19(7-9-22)10-13-26-23(27)24(11-14-28-15-12-24)20-4-3-5-21(25)16-20/h3-9,16,18H,10-15,17H2,1-2H3,(H,26,27). The summed E-state index contributed by atoms with van der Waals surface area (Å²) in [6.07, 6.45) is 1.85. The van der Waals surface area contributed by atoms with Gasteiger partial charge in [-0.3, -0.25) is 4.79 Å². The van der Waals surface area contributed by atoms with E-state index in [9.17, 15) is 9.18 Å². The summed E-state index contributed by atoms with van der Waals surface area (Å²) < 4.78 is 25.0. The molecule has 0 aromatic heterocycles. The third kappa shape index (κ3) is 5.57. The third-order valence-corrected chi connectivity index (χ3v) is 5.36. The molecule has 0 bridgehead atoms. The molecular formula is C24H30FNO3. The molecule has 1 fully saturated rings. The fourth-order valence-corrected chi connectivity index (χ4v) is 3.66. The molecule has 2 aromatic rings. The van der Waals surface area contributed by atoms with Crippen LogP contribution in [0, 0.1) is 11.7 Å². The molecule has 1 amide bonds. The Morgan fingerprint density at radius 3 is 2.55 bits per heavy atom. The van der Waals surface area contributed by atoms with Gasteiger partial charge in [-0.1, -0.05) is 38.1 Å². The molecule has 1 aliphatic rings. The van der Waals surface area contributed by atoms with Crippen molar-refractivity contribution in [2.45, 2.75) is 38.5 Å². The Hall–Kier alpha value is -2.40. The monoisotopic (exact) mass is 399 g/mol. The summed E-state index contributed by atoms with van der Waals surface area (Å²) in [5.74, 6) is 0.975. The molecule has 1 saturated heterocycles. The van der Waals surface area contributed by atoms with Crippen LogP contribution in [-0.2, 0) is 21.4 Å². The molecule has 156 valence electrons. The maximum Gasteiger partial charge on any atom is 0.230 e. The number of amides is 1. The second-order valence-electron chi connectivity index (χ2n) is 8.06. The van der Waals surface area contributed by atoms with Crippen molar-refractivity contribution in [1.29, 1.82) is 0 Å². The molecular weight excluding hydrogens is 369 g/mol. The van der Waals surface area contributed by atoms with Gasteiger partial charge in [0.15, 0.2) is 0 Å². The fraction of sp³-hybridized carbons (Fsp3) is 0.458. The van der Waals surface area contributed by atoms with Crippen molar-refractivity contribution in [3.05, 3.63) is 65.5 Å². The van der Waals surface area contributed by atoms with Gasteiger partial charge in [0.25, 0.3) is 0 Å². The number of carbonyl (C=O) groups is 1. The Kier molecular flexibility index (Phi) is 7.26. The third-order valence-electron chi connectivity index (χ3n) is 5.36. The highest BCUT2D eigenvalue weighted by atomic mass is 19.1. The Labute approximate surface area is 172 Å². The van der Waals surface area contributed by atoms with E-state index in [1.807, 2.05) is 30.3 Å². The summed E-state index contributed by atoms with van der Waals surface area (Å²) >= 11 is 0. The van der Waals surface area contributed by atoms with E-state index in [4.69, 9.17) is 9.47 Å². The predicted octanol–water partition coefficient (Wildman–Crippen LogP) is 4.27. The highest BCUT2D eigenvalue weighted by Crippen LogP contribution is 2.35. The molecule has 0 saturated carbocycles. The van der Waals surface area contributed by atoms with E-state index in [0.717, 1.165) is 23.3 Å². The smallest absolute Gasteiger partial charge is 0.230 e. The lowest BCUT2D eigenvalue weighted by atomic mass is 9.73. The van der Waals surface area contributed by atoms with E-state index in [0.29, 0.717) is 45.1 Å². The number of carbonyl (C=O) groups excluding carboxylic acids is 1. The molecule has 5 heteroatoms. The molecule has 0 atom stereocenters. The normalized spacial score (nSPS) is 15.9. The molecule has 0 aliphatic carbocycles. The van der Waals surface area contributed by atoms with Gasteiger partial charge in [-0.05, 0) is 60.6 Å². The van der Waals surface area contributed by atoms with Crippen LogP contribution in [0.5, 0.6) is 5.75 Å². The summed E-state index contributed by atoms with van der Waals surface area (Å²) in [7, 11) is 0. The minimum absolute atomic E-state index is 0.0525. The quantitative estimate of drug-likeness (QED) is 0.721. The Bertz CT molecular complexity index is 798. The first-order valence-electron chi connectivity index (χ1n) is 10.3. The van der Waals surface area contributed by atoms with Crippen LogP contribution >= 0.6 is 0 Å². The van der Waals surface area contributed by atoms with Gasteiger partial charge >= 0.3 is 0 Å². The van der Waals surface area contributed by atoms with Crippen molar-refractivity contribution in [1.82, 2.24) is 5.32 Å². The first-order valence-corrected chi connectivity index (χ1v) is 10.3. The first kappa shape index (κ1) is 21.3. The van der Waals surface area contributed by atoms with Gasteiger partial charge in [-0.25, -0.2) is 4.39 Å². The zero-order chi connectivity index (χ0) is 20.7. The molecule has 29 heavy (non-hydrogen) atoms. The van der Waals surface area contributed by atoms with Crippen LogP contribution < -0.4 is 10.1 Å². The maximum atomic E-state index is 13.8. The highest BCUT2D eigenvalue weighted by Gasteiger charge is 2.41. The second-order valence-corrected chi connectivity index (χ2v) is 8.06.